The lowest BCUT2D eigenvalue weighted by molar-refractivity contribution is 0.597. The summed E-state index contributed by atoms with van der Waals surface area (Å²) < 4.78 is 13.3. The summed E-state index contributed by atoms with van der Waals surface area (Å²) in [6.07, 6.45) is 0. The van der Waals surface area contributed by atoms with Crippen molar-refractivity contribution in [3.8, 4) is 0 Å². The molecule has 0 radical (unpaired) electrons. The minimum absolute atomic E-state index is 0.254. The predicted molar refractivity (Wildman–Crippen MR) is 52.9 cm³/mol. The Balaban J connectivity index is 3.08. The average Bonchev–Trinajstić information content (AvgIpc) is 2.03. The van der Waals surface area contributed by atoms with Crippen LogP contribution in [0, 0.1) is 12.7 Å². The van der Waals surface area contributed by atoms with Gasteiger partial charge in [0.25, 0.3) is 0 Å². The Labute approximate surface area is 78.1 Å². The van der Waals surface area contributed by atoms with E-state index in [0.29, 0.717) is 5.56 Å². The van der Waals surface area contributed by atoms with Gasteiger partial charge in [-0.2, -0.15) is 0 Å². The molecule has 2 N–H and O–H groups in total. The van der Waals surface area contributed by atoms with Crippen LogP contribution in [-0.2, 0) is 0 Å². The highest BCUT2D eigenvalue weighted by Gasteiger charge is 2.11. The number of hydrogen-bond acceptors (Lipinski definition) is 1. The first-order chi connectivity index (χ1) is 6.02. The van der Waals surface area contributed by atoms with Crippen LogP contribution in [0.5, 0.6) is 0 Å². The molecule has 13 heavy (non-hydrogen) atoms. The third kappa shape index (κ3) is 2.16. The third-order valence-electron chi connectivity index (χ3n) is 2.02. The second-order valence-electron chi connectivity index (χ2n) is 3.35. The number of benzene rings is 1. The molecule has 1 unspecified atom stereocenters. The van der Waals surface area contributed by atoms with Crippen molar-refractivity contribution in [2.45, 2.75) is 19.9 Å². The van der Waals surface area contributed by atoms with Crippen molar-refractivity contribution in [2.75, 3.05) is 0 Å². The molecular formula is C11H14FN. The molecule has 2 heteroatoms. The summed E-state index contributed by atoms with van der Waals surface area (Å²) in [6.45, 7) is 7.35. The summed E-state index contributed by atoms with van der Waals surface area (Å²) in [5.41, 5.74) is 7.93. The van der Waals surface area contributed by atoms with Gasteiger partial charge in [0.1, 0.15) is 5.82 Å². The molecule has 1 aromatic rings. The molecule has 0 heterocycles. The maximum absolute atomic E-state index is 13.3. The molecule has 1 nitrogen and oxygen atoms in total. The van der Waals surface area contributed by atoms with Crippen LogP contribution in [0.1, 0.15) is 24.1 Å². The van der Waals surface area contributed by atoms with Gasteiger partial charge in [-0.3, -0.25) is 0 Å². The predicted octanol–water partition coefficient (Wildman–Crippen LogP) is 2.71. The van der Waals surface area contributed by atoms with Gasteiger partial charge in [-0.15, -0.1) is 0 Å². The zero-order chi connectivity index (χ0) is 10.0. The van der Waals surface area contributed by atoms with E-state index < -0.39 is 6.04 Å². The largest absolute Gasteiger partial charge is 0.320 e. The molecule has 0 bridgehead atoms. The number of hydrogen-bond donors (Lipinski definition) is 1. The molecule has 1 atom stereocenters. The fraction of sp³-hybridized carbons (Fsp3) is 0.273. The van der Waals surface area contributed by atoms with Crippen molar-refractivity contribution in [2.24, 2.45) is 5.73 Å². The van der Waals surface area contributed by atoms with Crippen molar-refractivity contribution < 1.29 is 4.39 Å². The Bertz CT molecular complexity index is 331. The van der Waals surface area contributed by atoms with Gasteiger partial charge in [0.15, 0.2) is 0 Å². The van der Waals surface area contributed by atoms with E-state index in [-0.39, 0.29) is 5.82 Å². The van der Waals surface area contributed by atoms with E-state index in [0.717, 1.165) is 11.1 Å². The molecule has 70 valence electrons. The number of nitrogens with two attached hydrogens (primary N) is 1. The maximum Gasteiger partial charge on any atom is 0.128 e. The van der Waals surface area contributed by atoms with Crippen molar-refractivity contribution in [1.82, 2.24) is 0 Å². The standard InChI is InChI=1S/C11H14FN/c1-7(2)11(13)9-5-4-8(3)6-10(9)12/h4-6,11H,1,13H2,2-3H3. The first-order valence-corrected chi connectivity index (χ1v) is 4.19. The minimum Gasteiger partial charge on any atom is -0.320 e. The molecule has 0 saturated carbocycles. The van der Waals surface area contributed by atoms with E-state index >= 15 is 0 Å². The van der Waals surface area contributed by atoms with Gasteiger partial charge in [-0.25, -0.2) is 4.39 Å². The lowest BCUT2D eigenvalue weighted by Crippen LogP contribution is -2.12. The normalized spacial score (nSPS) is 12.6. The van der Waals surface area contributed by atoms with Crippen molar-refractivity contribution in [3.05, 3.63) is 47.3 Å². The van der Waals surface area contributed by atoms with Gasteiger partial charge >= 0.3 is 0 Å². The van der Waals surface area contributed by atoms with Crippen molar-refractivity contribution in [1.29, 1.82) is 0 Å². The zero-order valence-electron chi connectivity index (χ0n) is 7.97. The first kappa shape index (κ1) is 9.93. The highest BCUT2D eigenvalue weighted by atomic mass is 19.1. The SMILES string of the molecule is C=C(C)C(N)c1ccc(C)cc1F. The molecule has 0 spiro atoms. The molecule has 0 aliphatic carbocycles. The van der Waals surface area contributed by atoms with Crippen LogP contribution in [0.25, 0.3) is 0 Å². The summed E-state index contributed by atoms with van der Waals surface area (Å²) in [7, 11) is 0. The summed E-state index contributed by atoms with van der Waals surface area (Å²) in [5.74, 6) is -0.254. The smallest absolute Gasteiger partial charge is 0.128 e. The summed E-state index contributed by atoms with van der Waals surface area (Å²) in [5, 5.41) is 0. The molecule has 0 amide bonds. The molecule has 0 saturated heterocycles. The van der Waals surface area contributed by atoms with E-state index in [2.05, 4.69) is 6.58 Å². The second-order valence-corrected chi connectivity index (χ2v) is 3.35. The van der Waals surface area contributed by atoms with Crippen molar-refractivity contribution in [3.63, 3.8) is 0 Å². The Hall–Kier alpha value is -1.15. The molecule has 0 aromatic heterocycles. The highest BCUT2D eigenvalue weighted by molar-refractivity contribution is 5.30. The van der Waals surface area contributed by atoms with E-state index in [4.69, 9.17) is 5.73 Å². The zero-order valence-corrected chi connectivity index (χ0v) is 7.97. The Morgan fingerprint density at radius 3 is 2.62 bits per heavy atom. The molecule has 0 aliphatic heterocycles. The van der Waals surface area contributed by atoms with E-state index in [1.807, 2.05) is 13.0 Å². The summed E-state index contributed by atoms with van der Waals surface area (Å²) in [6, 6.07) is 4.64. The lowest BCUT2D eigenvalue weighted by atomic mass is 10.0. The number of rotatable bonds is 2. The summed E-state index contributed by atoms with van der Waals surface area (Å²) >= 11 is 0. The van der Waals surface area contributed by atoms with E-state index in [1.54, 1.807) is 13.0 Å². The fourth-order valence-electron chi connectivity index (χ4n) is 1.15. The van der Waals surface area contributed by atoms with Crippen LogP contribution in [0.3, 0.4) is 0 Å². The quantitative estimate of drug-likeness (QED) is 0.694. The van der Waals surface area contributed by atoms with Crippen LogP contribution in [0.2, 0.25) is 0 Å². The molecular weight excluding hydrogens is 165 g/mol. The third-order valence-corrected chi connectivity index (χ3v) is 2.02. The van der Waals surface area contributed by atoms with Gasteiger partial charge < -0.3 is 5.73 Å². The second kappa shape index (κ2) is 3.71. The lowest BCUT2D eigenvalue weighted by Gasteiger charge is -2.12. The Morgan fingerprint density at radius 1 is 1.54 bits per heavy atom. The number of halogens is 1. The maximum atomic E-state index is 13.3. The van der Waals surface area contributed by atoms with Crippen molar-refractivity contribution >= 4 is 0 Å². The van der Waals surface area contributed by atoms with E-state index in [9.17, 15) is 4.39 Å². The first-order valence-electron chi connectivity index (χ1n) is 4.19. The number of aryl methyl sites for hydroxylation is 1. The van der Waals surface area contributed by atoms with Gasteiger partial charge in [0.05, 0.1) is 6.04 Å². The van der Waals surface area contributed by atoms with Crippen LogP contribution in [0.4, 0.5) is 4.39 Å². The van der Waals surface area contributed by atoms with Crippen LogP contribution in [-0.4, -0.2) is 0 Å². The molecule has 1 aromatic carbocycles. The Kier molecular flexibility index (Phi) is 2.83. The van der Waals surface area contributed by atoms with Crippen LogP contribution >= 0.6 is 0 Å². The topological polar surface area (TPSA) is 26.0 Å². The minimum atomic E-state index is -0.402. The van der Waals surface area contributed by atoms with Crippen LogP contribution < -0.4 is 5.73 Å². The Morgan fingerprint density at radius 2 is 2.15 bits per heavy atom. The van der Waals surface area contributed by atoms with Gasteiger partial charge in [0, 0.05) is 5.56 Å². The average molecular weight is 179 g/mol. The highest BCUT2D eigenvalue weighted by Crippen LogP contribution is 2.20. The van der Waals surface area contributed by atoms with Gasteiger partial charge in [-0.1, -0.05) is 24.3 Å². The fourth-order valence-corrected chi connectivity index (χ4v) is 1.15. The molecule has 0 fully saturated rings. The molecule has 1 rings (SSSR count). The van der Waals surface area contributed by atoms with Gasteiger partial charge in [0.2, 0.25) is 0 Å². The molecule has 0 aliphatic rings. The van der Waals surface area contributed by atoms with Crippen LogP contribution in [0.15, 0.2) is 30.4 Å². The van der Waals surface area contributed by atoms with Gasteiger partial charge in [-0.05, 0) is 25.5 Å². The monoisotopic (exact) mass is 179 g/mol. The summed E-state index contributed by atoms with van der Waals surface area (Å²) in [4.78, 5) is 0. The van der Waals surface area contributed by atoms with E-state index in [1.165, 1.54) is 6.07 Å².